The predicted molar refractivity (Wildman–Crippen MR) is 111 cm³/mol. The van der Waals surface area contributed by atoms with E-state index in [2.05, 4.69) is 15.2 Å². The average molecular weight is 477 g/mol. The van der Waals surface area contributed by atoms with Crippen molar-refractivity contribution in [3.8, 4) is 0 Å². The first-order chi connectivity index (χ1) is 12.0. The fourth-order valence-corrected chi connectivity index (χ4v) is 2.58. The quantitative estimate of drug-likeness (QED) is 0.391. The van der Waals surface area contributed by atoms with Gasteiger partial charge in [0.05, 0.1) is 12.8 Å². The molecule has 0 atom stereocenters. The number of hydrogen-bond acceptors (Lipinski definition) is 4. The number of carbonyl (C=O) groups excluding carboxylic acids is 2. The minimum Gasteiger partial charge on any atom is -0.459 e. The fraction of sp³-hybridized carbons (Fsp3) is 0.588. The highest BCUT2D eigenvalue weighted by molar-refractivity contribution is 14.0. The van der Waals surface area contributed by atoms with Gasteiger partial charge in [0.2, 0.25) is 5.91 Å². The molecule has 0 saturated carbocycles. The summed E-state index contributed by atoms with van der Waals surface area (Å²) in [5, 5.41) is 3.26. The maximum atomic E-state index is 12.3. The van der Waals surface area contributed by atoms with Crippen LogP contribution in [-0.2, 0) is 4.79 Å². The Morgan fingerprint density at radius 2 is 1.88 bits per heavy atom. The van der Waals surface area contributed by atoms with Gasteiger partial charge in [0, 0.05) is 53.2 Å². The summed E-state index contributed by atoms with van der Waals surface area (Å²) in [4.78, 5) is 34.0. The Morgan fingerprint density at radius 1 is 1.23 bits per heavy atom. The zero-order valence-electron chi connectivity index (χ0n) is 15.6. The lowest BCUT2D eigenvalue weighted by atomic mass is 10.3. The van der Waals surface area contributed by atoms with Gasteiger partial charge in [-0.2, -0.15) is 0 Å². The van der Waals surface area contributed by atoms with Gasteiger partial charge in [0.25, 0.3) is 5.91 Å². The summed E-state index contributed by atoms with van der Waals surface area (Å²) in [6.07, 6.45) is 1.90. The Bertz CT molecular complexity index is 596. The van der Waals surface area contributed by atoms with Crippen molar-refractivity contribution in [2.45, 2.75) is 13.3 Å². The van der Waals surface area contributed by atoms with Gasteiger partial charge in [-0.15, -0.1) is 24.0 Å². The zero-order chi connectivity index (χ0) is 18.2. The minimum absolute atomic E-state index is 0. The van der Waals surface area contributed by atoms with E-state index in [4.69, 9.17) is 4.42 Å². The highest BCUT2D eigenvalue weighted by Gasteiger charge is 2.25. The molecule has 0 spiro atoms. The van der Waals surface area contributed by atoms with E-state index in [-0.39, 0.29) is 35.8 Å². The third kappa shape index (κ3) is 6.19. The first kappa shape index (κ1) is 22.3. The number of nitrogens with one attached hydrogen (secondary N) is 1. The van der Waals surface area contributed by atoms with Crippen molar-refractivity contribution in [3.05, 3.63) is 24.2 Å². The SMILES string of the molecule is CCNC(=NCCC(=O)N(C)C)N1CCN(C(=O)c2ccco2)CC1.I. The van der Waals surface area contributed by atoms with Crippen molar-refractivity contribution >= 4 is 41.8 Å². The third-order valence-electron chi connectivity index (χ3n) is 4.02. The number of hydrogen-bond donors (Lipinski definition) is 1. The monoisotopic (exact) mass is 477 g/mol. The minimum atomic E-state index is -0.0804. The summed E-state index contributed by atoms with van der Waals surface area (Å²) in [5.41, 5.74) is 0. The molecule has 1 aromatic heterocycles. The molecule has 146 valence electrons. The van der Waals surface area contributed by atoms with Crippen LogP contribution in [0.5, 0.6) is 0 Å². The Labute approximate surface area is 171 Å². The van der Waals surface area contributed by atoms with Gasteiger partial charge in [0.15, 0.2) is 11.7 Å². The molecule has 0 bridgehead atoms. The molecule has 0 radical (unpaired) electrons. The third-order valence-corrected chi connectivity index (χ3v) is 4.02. The lowest BCUT2D eigenvalue weighted by molar-refractivity contribution is -0.128. The molecule has 9 heteroatoms. The van der Waals surface area contributed by atoms with E-state index in [1.807, 2.05) is 6.92 Å². The second kappa shape index (κ2) is 11.0. The molecule has 0 aliphatic carbocycles. The summed E-state index contributed by atoms with van der Waals surface area (Å²) in [6, 6.07) is 3.40. The molecule has 1 aromatic rings. The summed E-state index contributed by atoms with van der Waals surface area (Å²) >= 11 is 0. The zero-order valence-corrected chi connectivity index (χ0v) is 17.9. The van der Waals surface area contributed by atoms with Crippen molar-refractivity contribution in [2.24, 2.45) is 4.99 Å². The molecule has 8 nitrogen and oxygen atoms in total. The first-order valence-corrected chi connectivity index (χ1v) is 8.59. The highest BCUT2D eigenvalue weighted by Crippen LogP contribution is 2.09. The van der Waals surface area contributed by atoms with E-state index in [9.17, 15) is 9.59 Å². The van der Waals surface area contributed by atoms with Gasteiger partial charge in [-0.1, -0.05) is 0 Å². The number of furan rings is 1. The van der Waals surface area contributed by atoms with Crippen molar-refractivity contribution < 1.29 is 14.0 Å². The number of aliphatic imine (C=N–C) groups is 1. The molecule has 0 aromatic carbocycles. The summed E-state index contributed by atoms with van der Waals surface area (Å²) in [5.74, 6) is 1.15. The van der Waals surface area contributed by atoms with Gasteiger partial charge in [-0.3, -0.25) is 14.6 Å². The molecule has 1 N–H and O–H groups in total. The summed E-state index contributed by atoms with van der Waals surface area (Å²) in [7, 11) is 3.49. The van der Waals surface area contributed by atoms with Crippen molar-refractivity contribution in [2.75, 3.05) is 53.4 Å². The van der Waals surface area contributed by atoms with Gasteiger partial charge in [-0.05, 0) is 19.1 Å². The van der Waals surface area contributed by atoms with E-state index in [0.717, 1.165) is 12.5 Å². The molecular formula is C17H28IN5O3. The summed E-state index contributed by atoms with van der Waals surface area (Å²) in [6.45, 7) is 5.83. The molecule has 2 amide bonds. The van der Waals surface area contributed by atoms with Gasteiger partial charge in [-0.25, -0.2) is 0 Å². The lowest BCUT2D eigenvalue weighted by Gasteiger charge is -2.36. The van der Waals surface area contributed by atoms with Crippen LogP contribution in [0, 0.1) is 0 Å². The van der Waals surface area contributed by atoms with Gasteiger partial charge < -0.3 is 24.4 Å². The van der Waals surface area contributed by atoms with Crippen LogP contribution in [-0.4, -0.2) is 85.8 Å². The average Bonchev–Trinajstić information content (AvgIpc) is 3.15. The maximum absolute atomic E-state index is 12.3. The number of carbonyl (C=O) groups is 2. The van der Waals surface area contributed by atoms with Crippen molar-refractivity contribution in [1.82, 2.24) is 20.0 Å². The van der Waals surface area contributed by atoms with Crippen LogP contribution in [0.2, 0.25) is 0 Å². The van der Waals surface area contributed by atoms with E-state index in [0.29, 0.717) is 44.9 Å². The molecule has 0 unspecified atom stereocenters. The number of rotatable bonds is 5. The number of amides is 2. The topological polar surface area (TPSA) is 81.4 Å². The van der Waals surface area contributed by atoms with Crippen LogP contribution in [0.1, 0.15) is 23.9 Å². The maximum Gasteiger partial charge on any atom is 0.289 e. The fourth-order valence-electron chi connectivity index (χ4n) is 2.58. The largest absolute Gasteiger partial charge is 0.459 e. The molecule has 1 saturated heterocycles. The predicted octanol–water partition coefficient (Wildman–Crippen LogP) is 1.10. The van der Waals surface area contributed by atoms with Crippen molar-refractivity contribution in [3.63, 3.8) is 0 Å². The van der Waals surface area contributed by atoms with Crippen LogP contribution >= 0.6 is 24.0 Å². The number of halogens is 1. The van der Waals surface area contributed by atoms with Crippen LogP contribution < -0.4 is 5.32 Å². The van der Waals surface area contributed by atoms with Crippen LogP contribution in [0.25, 0.3) is 0 Å². The van der Waals surface area contributed by atoms with Gasteiger partial charge in [0.1, 0.15) is 0 Å². The lowest BCUT2D eigenvalue weighted by Crippen LogP contribution is -2.53. The Morgan fingerprint density at radius 3 is 2.42 bits per heavy atom. The standard InChI is InChI=1S/C17H27N5O3.HI/c1-4-18-17(19-8-7-15(23)20(2)3)22-11-9-21(10-12-22)16(24)14-6-5-13-25-14;/h5-6,13H,4,7-12H2,1-3H3,(H,18,19);1H. The number of nitrogens with zero attached hydrogens (tertiary/aromatic N) is 4. The Kier molecular flexibility index (Phi) is 9.46. The van der Waals surface area contributed by atoms with E-state index < -0.39 is 0 Å². The number of piperazine rings is 1. The summed E-state index contributed by atoms with van der Waals surface area (Å²) < 4.78 is 5.18. The van der Waals surface area contributed by atoms with E-state index in [1.54, 1.807) is 36.0 Å². The molecule has 2 heterocycles. The van der Waals surface area contributed by atoms with Crippen molar-refractivity contribution in [1.29, 1.82) is 0 Å². The molecule has 26 heavy (non-hydrogen) atoms. The van der Waals surface area contributed by atoms with Crippen LogP contribution in [0.4, 0.5) is 0 Å². The molecule has 2 rings (SSSR count). The van der Waals surface area contributed by atoms with E-state index in [1.165, 1.54) is 6.26 Å². The second-order valence-corrected chi connectivity index (χ2v) is 6.03. The van der Waals surface area contributed by atoms with Crippen LogP contribution in [0.15, 0.2) is 27.8 Å². The highest BCUT2D eigenvalue weighted by atomic mass is 127. The molecular weight excluding hydrogens is 449 g/mol. The van der Waals surface area contributed by atoms with Crippen LogP contribution in [0.3, 0.4) is 0 Å². The van der Waals surface area contributed by atoms with E-state index >= 15 is 0 Å². The molecule has 1 fully saturated rings. The molecule has 1 aliphatic rings. The molecule has 1 aliphatic heterocycles. The van der Waals surface area contributed by atoms with Gasteiger partial charge >= 0.3 is 0 Å². The first-order valence-electron chi connectivity index (χ1n) is 8.59. The smallest absolute Gasteiger partial charge is 0.289 e. The number of guanidine groups is 1. The Hall–Kier alpha value is -1.78. The Balaban J connectivity index is 0.00000338. The normalized spacial score (nSPS) is 14.7. The second-order valence-electron chi connectivity index (χ2n) is 6.03.